The molecule has 0 amide bonds. The number of hydrogen-bond acceptors (Lipinski definition) is 15. The number of unbranched alkanes of at least 4 members (excludes halogenated alkanes) is 1. The predicted molar refractivity (Wildman–Crippen MR) is 261 cm³/mol. The van der Waals surface area contributed by atoms with Gasteiger partial charge in [0.05, 0.1) is 12.3 Å². The van der Waals surface area contributed by atoms with Gasteiger partial charge in [0, 0.05) is 50.5 Å². The Labute approximate surface area is 390 Å². The summed E-state index contributed by atoms with van der Waals surface area (Å²) in [6.45, 7) is 1.53. The molecule has 2 atom stereocenters. The van der Waals surface area contributed by atoms with Crippen molar-refractivity contribution in [2.45, 2.75) is 33.1 Å². The minimum absolute atomic E-state index is 0.0361. The molecular formula is C46H39FN6O5S6. The van der Waals surface area contributed by atoms with E-state index in [1.54, 1.807) is 18.3 Å². The average Bonchev–Trinajstić information content (AvgIpc) is 4.17. The Morgan fingerprint density at radius 3 is 1.95 bits per heavy atom. The van der Waals surface area contributed by atoms with Gasteiger partial charge in [0.1, 0.15) is 79.6 Å². The van der Waals surface area contributed by atoms with E-state index in [2.05, 4.69) is 11.9 Å². The molecule has 0 saturated carbocycles. The molecule has 2 unspecified atom stereocenters. The van der Waals surface area contributed by atoms with Crippen LogP contribution in [0.4, 0.5) is 15.8 Å². The van der Waals surface area contributed by atoms with Crippen molar-refractivity contribution in [3.05, 3.63) is 102 Å². The monoisotopic (exact) mass is 966 g/mol. The normalized spacial score (nSPS) is 12.6. The number of nitrogens with two attached hydrogens (primary N) is 2. The second-order valence-corrected chi connectivity index (χ2v) is 21.5. The van der Waals surface area contributed by atoms with Gasteiger partial charge in [0.2, 0.25) is 8.42 Å². The van der Waals surface area contributed by atoms with Crippen molar-refractivity contribution < 1.29 is 28.1 Å². The van der Waals surface area contributed by atoms with Crippen molar-refractivity contribution in [2.75, 3.05) is 43.7 Å². The van der Waals surface area contributed by atoms with Crippen molar-refractivity contribution in [2.24, 2.45) is 0 Å². The molecule has 0 saturated heterocycles. The summed E-state index contributed by atoms with van der Waals surface area (Å²) in [6.07, 6.45) is 3.46. The maximum absolute atomic E-state index is 14.5. The molecule has 6 aromatic heterocycles. The van der Waals surface area contributed by atoms with Gasteiger partial charge in [-0.25, -0.2) is 24.3 Å². The van der Waals surface area contributed by atoms with Gasteiger partial charge in [-0.05, 0) is 82.3 Å². The van der Waals surface area contributed by atoms with Crippen LogP contribution in [0.3, 0.4) is 0 Å². The molecule has 0 aliphatic rings. The van der Waals surface area contributed by atoms with E-state index in [0.29, 0.717) is 79.1 Å². The highest BCUT2D eigenvalue weighted by molar-refractivity contribution is 7.94. The first-order valence-electron chi connectivity index (χ1n) is 20.1. The zero-order valence-corrected chi connectivity index (χ0v) is 39.0. The lowest BCUT2D eigenvalue weighted by atomic mass is 10.0. The van der Waals surface area contributed by atoms with Crippen LogP contribution in [0.5, 0.6) is 11.5 Å². The summed E-state index contributed by atoms with van der Waals surface area (Å²) < 4.78 is 52.9. The quantitative estimate of drug-likeness (QED) is 0.0737. The van der Waals surface area contributed by atoms with E-state index in [9.17, 15) is 18.6 Å². The maximum atomic E-state index is 14.5. The van der Waals surface area contributed by atoms with Crippen molar-refractivity contribution in [1.82, 2.24) is 19.9 Å². The smallest absolute Gasteiger partial charge is 0.238 e. The molecule has 0 fully saturated rings. The Kier molecular flexibility index (Phi) is 13.4. The summed E-state index contributed by atoms with van der Waals surface area (Å²) in [5.74, 6) is 1.68. The van der Waals surface area contributed by atoms with Crippen molar-refractivity contribution in [3.63, 3.8) is 0 Å². The Hall–Kier alpha value is -5.15. The fourth-order valence-electron chi connectivity index (χ4n) is 7.08. The lowest BCUT2D eigenvalue weighted by molar-refractivity contribution is 0.201. The summed E-state index contributed by atoms with van der Waals surface area (Å²) in [6, 6.07) is 26.3. The zero-order valence-electron chi connectivity index (χ0n) is 34.1. The minimum atomic E-state index is -1.67. The van der Waals surface area contributed by atoms with E-state index >= 15 is 0 Å². The summed E-state index contributed by atoms with van der Waals surface area (Å²) in [7, 11) is 0. The maximum Gasteiger partial charge on any atom is 0.238 e. The molecule has 64 heavy (non-hydrogen) atoms. The molecular weight excluding hydrogens is 928 g/mol. The molecule has 0 spiro atoms. The van der Waals surface area contributed by atoms with E-state index < -0.39 is 29.0 Å². The van der Waals surface area contributed by atoms with Crippen molar-refractivity contribution in [1.29, 1.82) is 0 Å². The van der Waals surface area contributed by atoms with Gasteiger partial charge in [0.15, 0.2) is 4.90 Å². The molecule has 326 valence electrons. The van der Waals surface area contributed by atoms with Gasteiger partial charge < -0.3 is 35.2 Å². The molecule has 0 radical (unpaired) electrons. The van der Waals surface area contributed by atoms with Crippen LogP contribution in [-0.4, -0.2) is 66.4 Å². The number of fused-ring (bicyclic) bond motifs is 2. The van der Waals surface area contributed by atoms with Crippen LogP contribution in [-0.2, 0) is 22.4 Å². The van der Waals surface area contributed by atoms with Gasteiger partial charge >= 0.3 is 0 Å². The highest BCUT2D eigenvalue weighted by Crippen LogP contribution is 2.47. The number of pyridine rings is 2. The number of halogens is 1. The molecule has 11 nitrogen and oxygen atoms in total. The second kappa shape index (κ2) is 19.5. The second-order valence-electron chi connectivity index (χ2n) is 14.3. The number of nitrogens with zero attached hydrogens (tertiary/aromatic N) is 4. The van der Waals surface area contributed by atoms with Crippen LogP contribution in [0.25, 0.3) is 75.3 Å². The lowest BCUT2D eigenvalue weighted by Crippen LogP contribution is -2.06. The Balaban J connectivity index is 1.06. The van der Waals surface area contributed by atoms with Gasteiger partial charge in [-0.1, -0.05) is 72.4 Å². The number of aromatic nitrogens is 4. The molecule has 9 aromatic rings. The SMILES string of the molecule is CCCC[S+]([O-])c1sc2nc(-c3nc(-c4cccc([S+]([O-])c5sc6nc(-c7nccs7)cc(-c7ccc(OCCO)cc7)c6c5N)c4)cs3)cc(-c3ccc(OCCF)cc3)c2c1N. The fourth-order valence-corrected chi connectivity index (χ4v) is 13.9. The van der Waals surface area contributed by atoms with Crippen LogP contribution in [0.15, 0.2) is 115 Å². The first-order chi connectivity index (χ1) is 31.2. The number of ether oxygens (including phenoxy) is 2. The molecule has 6 heterocycles. The highest BCUT2D eigenvalue weighted by Gasteiger charge is 2.29. The third-order valence-corrected chi connectivity index (χ3v) is 17.6. The van der Waals surface area contributed by atoms with E-state index in [1.165, 1.54) is 45.3 Å². The van der Waals surface area contributed by atoms with E-state index in [4.69, 9.17) is 35.9 Å². The molecule has 0 aliphatic carbocycles. The van der Waals surface area contributed by atoms with Crippen LogP contribution in [0, 0.1) is 0 Å². The Morgan fingerprint density at radius 1 is 0.719 bits per heavy atom. The van der Waals surface area contributed by atoms with Crippen molar-refractivity contribution in [3.8, 4) is 66.4 Å². The molecule has 5 N–H and O–H groups in total. The Morgan fingerprint density at radius 2 is 1.34 bits per heavy atom. The number of anilines is 2. The summed E-state index contributed by atoms with van der Waals surface area (Å²) >= 11 is 2.58. The summed E-state index contributed by atoms with van der Waals surface area (Å²) in [5.41, 5.74) is 20.6. The van der Waals surface area contributed by atoms with Gasteiger partial charge in [-0.15, -0.1) is 22.7 Å². The number of thiophene rings is 2. The first kappa shape index (κ1) is 44.1. The summed E-state index contributed by atoms with van der Waals surface area (Å²) in [5, 5.41) is 15.9. The number of rotatable bonds is 17. The van der Waals surface area contributed by atoms with E-state index in [1.807, 2.05) is 83.6 Å². The average molecular weight is 967 g/mol. The molecule has 3 aromatic carbocycles. The number of alkyl halides is 1. The largest absolute Gasteiger partial charge is 0.611 e. The van der Waals surface area contributed by atoms with Gasteiger partial charge in [-0.2, -0.15) is 0 Å². The number of aliphatic hydroxyl groups excluding tert-OH is 1. The van der Waals surface area contributed by atoms with Gasteiger partial charge in [-0.3, -0.25) is 0 Å². The standard InChI is InChI=1S/C46H39FN6O5S6/c1-2-3-21-63(55)45-39(48)37-33(27-7-11-29(12-8-27)57-18-15-47)24-35(52-43(37)61-45)42-53-36(25-60-42)28-5-4-6-31(22-28)64(56)46-40(49)38-32(26-9-13-30(14-10-26)58-19-17-54)23-34(51-44(38)62-46)41-50-16-20-59-41/h4-14,16,20,22-25,54H,2-3,15,17-19,21,48-49H2,1H3. The highest BCUT2D eigenvalue weighted by atomic mass is 32.2. The number of hydrogen-bond donors (Lipinski definition) is 3. The minimum Gasteiger partial charge on any atom is -0.611 e. The van der Waals surface area contributed by atoms with E-state index in [0.717, 1.165) is 51.1 Å². The van der Waals surface area contributed by atoms with Crippen LogP contribution < -0.4 is 20.9 Å². The molecule has 0 aliphatic heterocycles. The number of aliphatic hydroxyl groups is 1. The van der Waals surface area contributed by atoms with Crippen LogP contribution in [0.1, 0.15) is 19.8 Å². The molecule has 18 heteroatoms. The first-order valence-corrected chi connectivity index (χ1v) is 26.0. The third kappa shape index (κ3) is 8.94. The molecule has 9 rings (SSSR count). The predicted octanol–water partition coefficient (Wildman–Crippen LogP) is 11.1. The third-order valence-electron chi connectivity index (χ3n) is 10.1. The van der Waals surface area contributed by atoms with Gasteiger partial charge in [0.25, 0.3) is 0 Å². The lowest BCUT2D eigenvalue weighted by Gasteiger charge is -2.11. The van der Waals surface area contributed by atoms with Crippen LogP contribution in [0.2, 0.25) is 0 Å². The van der Waals surface area contributed by atoms with E-state index in [-0.39, 0.29) is 19.8 Å². The fraction of sp³-hybridized carbons (Fsp3) is 0.174. The number of benzene rings is 3. The number of thiazole rings is 2. The topological polar surface area (TPSA) is 188 Å². The molecule has 0 bridgehead atoms. The zero-order chi connectivity index (χ0) is 44.3. The Bertz CT molecular complexity index is 3050. The van der Waals surface area contributed by atoms with Crippen LogP contribution >= 0.6 is 45.3 Å². The van der Waals surface area contributed by atoms with Crippen molar-refractivity contribution >= 4 is 99.5 Å². The summed E-state index contributed by atoms with van der Waals surface area (Å²) in [4.78, 5) is 21.3. The number of nitrogen functional groups attached to an aromatic ring is 2.